The van der Waals surface area contributed by atoms with Crippen molar-refractivity contribution in [1.82, 2.24) is 19.9 Å². The summed E-state index contributed by atoms with van der Waals surface area (Å²) in [5.41, 5.74) is -0.534. The quantitative estimate of drug-likeness (QED) is 0.877. The smallest absolute Gasteiger partial charge is 0.316 e. The molecular weight excluding hydrogens is 281 g/mol. The van der Waals surface area contributed by atoms with Crippen LogP contribution in [-0.2, 0) is 6.18 Å². The Balaban J connectivity index is 2.17. The first-order chi connectivity index (χ1) is 8.97. The zero-order valence-corrected chi connectivity index (χ0v) is 10.5. The zero-order valence-electron chi connectivity index (χ0n) is 9.71. The molecule has 3 rings (SSSR count). The average Bonchev–Trinajstić information content (AvgIpc) is 2.94. The maximum atomic E-state index is 12.8. The molecule has 0 radical (unpaired) electrons. The molecular formula is C11H10ClF3N4. The Morgan fingerprint density at radius 3 is 2.79 bits per heavy atom. The fraction of sp³-hybridized carbons (Fsp3) is 0.455. The van der Waals surface area contributed by atoms with Gasteiger partial charge in [0.15, 0.2) is 5.65 Å². The van der Waals surface area contributed by atoms with Crippen molar-refractivity contribution in [3.63, 3.8) is 0 Å². The second-order valence-electron chi connectivity index (χ2n) is 4.52. The summed E-state index contributed by atoms with van der Waals surface area (Å²) in [5.74, 6) is 0.586. The maximum absolute atomic E-state index is 12.8. The number of hydrogen-bond donors (Lipinski definition) is 1. The molecule has 2 aromatic heterocycles. The molecule has 1 fully saturated rings. The van der Waals surface area contributed by atoms with E-state index < -0.39 is 11.7 Å². The molecule has 1 unspecified atom stereocenters. The van der Waals surface area contributed by atoms with Crippen LogP contribution in [0.15, 0.2) is 12.3 Å². The van der Waals surface area contributed by atoms with Crippen LogP contribution in [0, 0.1) is 0 Å². The Morgan fingerprint density at radius 2 is 2.16 bits per heavy atom. The van der Waals surface area contributed by atoms with E-state index in [9.17, 15) is 13.2 Å². The lowest BCUT2D eigenvalue weighted by Gasteiger charge is -2.10. The molecule has 0 aliphatic carbocycles. The second-order valence-corrected chi connectivity index (χ2v) is 4.92. The highest BCUT2D eigenvalue weighted by molar-refractivity contribution is 6.33. The molecule has 0 saturated carbocycles. The van der Waals surface area contributed by atoms with Crippen molar-refractivity contribution in [1.29, 1.82) is 0 Å². The van der Waals surface area contributed by atoms with Gasteiger partial charge >= 0.3 is 6.18 Å². The molecule has 0 bridgehead atoms. The highest BCUT2D eigenvalue weighted by atomic mass is 35.5. The molecule has 1 aliphatic heterocycles. The van der Waals surface area contributed by atoms with E-state index in [4.69, 9.17) is 11.6 Å². The number of nitrogens with one attached hydrogen (secondary N) is 1. The van der Waals surface area contributed by atoms with E-state index in [1.54, 1.807) is 0 Å². The fourth-order valence-electron chi connectivity index (χ4n) is 2.28. The first kappa shape index (κ1) is 12.7. The predicted molar refractivity (Wildman–Crippen MR) is 63.2 cm³/mol. The molecule has 0 aromatic carbocycles. The third kappa shape index (κ3) is 2.17. The molecule has 0 amide bonds. The number of hydrogen-bond acceptors (Lipinski definition) is 3. The minimum absolute atomic E-state index is 0.0421. The van der Waals surface area contributed by atoms with Crippen LogP contribution in [0.3, 0.4) is 0 Å². The number of aromatic nitrogens is 3. The van der Waals surface area contributed by atoms with E-state index in [-0.39, 0.29) is 16.6 Å². The largest absolute Gasteiger partial charge is 0.417 e. The van der Waals surface area contributed by atoms with E-state index in [0.29, 0.717) is 12.4 Å². The van der Waals surface area contributed by atoms with Crippen LogP contribution in [0.25, 0.3) is 5.65 Å². The number of rotatable bonds is 1. The van der Waals surface area contributed by atoms with Crippen LogP contribution < -0.4 is 5.32 Å². The summed E-state index contributed by atoms with van der Waals surface area (Å²) in [4.78, 5) is 0. The molecule has 19 heavy (non-hydrogen) atoms. The third-order valence-corrected chi connectivity index (χ3v) is 3.52. The van der Waals surface area contributed by atoms with Gasteiger partial charge in [0.25, 0.3) is 0 Å². The Labute approximate surface area is 111 Å². The van der Waals surface area contributed by atoms with E-state index in [2.05, 4.69) is 15.5 Å². The van der Waals surface area contributed by atoms with Gasteiger partial charge in [0.2, 0.25) is 0 Å². The summed E-state index contributed by atoms with van der Waals surface area (Å²) < 4.78 is 39.7. The van der Waals surface area contributed by atoms with Crippen LogP contribution >= 0.6 is 11.6 Å². The number of fused-ring (bicyclic) bond motifs is 1. The molecule has 1 saturated heterocycles. The van der Waals surface area contributed by atoms with Gasteiger partial charge in [0, 0.05) is 18.7 Å². The highest BCUT2D eigenvalue weighted by Crippen LogP contribution is 2.33. The van der Waals surface area contributed by atoms with Gasteiger partial charge in [-0.05, 0) is 19.0 Å². The van der Waals surface area contributed by atoms with Crippen LogP contribution in [0.1, 0.15) is 23.7 Å². The first-order valence-electron chi connectivity index (χ1n) is 5.79. The SMILES string of the molecule is FC(F)(F)c1cc(Cl)c2nnc(C3CCNC3)n2c1. The van der Waals surface area contributed by atoms with Crippen LogP contribution in [-0.4, -0.2) is 27.7 Å². The van der Waals surface area contributed by atoms with Gasteiger partial charge in [-0.15, -0.1) is 10.2 Å². The van der Waals surface area contributed by atoms with E-state index in [1.165, 1.54) is 4.40 Å². The van der Waals surface area contributed by atoms with Gasteiger partial charge in [0.1, 0.15) is 5.82 Å². The Hall–Kier alpha value is -1.34. The molecule has 1 N–H and O–H groups in total. The molecule has 4 nitrogen and oxygen atoms in total. The fourth-order valence-corrected chi connectivity index (χ4v) is 2.53. The maximum Gasteiger partial charge on any atom is 0.417 e. The van der Waals surface area contributed by atoms with Crippen molar-refractivity contribution in [2.45, 2.75) is 18.5 Å². The van der Waals surface area contributed by atoms with Gasteiger partial charge < -0.3 is 5.32 Å². The standard InChI is InChI=1S/C11H10ClF3N4/c12-8-3-7(11(13,14)15)5-19-9(17-18-10(8)19)6-1-2-16-4-6/h3,5-6,16H,1-2,4H2. The van der Waals surface area contributed by atoms with E-state index in [1.807, 2.05) is 0 Å². The van der Waals surface area contributed by atoms with Crippen molar-refractivity contribution in [2.24, 2.45) is 0 Å². The lowest BCUT2D eigenvalue weighted by molar-refractivity contribution is -0.137. The summed E-state index contributed by atoms with van der Waals surface area (Å²) >= 11 is 5.85. The van der Waals surface area contributed by atoms with Crippen molar-refractivity contribution >= 4 is 17.2 Å². The number of nitrogens with zero attached hydrogens (tertiary/aromatic N) is 3. The monoisotopic (exact) mass is 290 g/mol. The Bertz CT molecular complexity index is 616. The predicted octanol–water partition coefficient (Wildman–Crippen LogP) is 2.48. The number of alkyl halides is 3. The highest BCUT2D eigenvalue weighted by Gasteiger charge is 2.33. The van der Waals surface area contributed by atoms with Crippen LogP contribution in [0.4, 0.5) is 13.2 Å². The summed E-state index contributed by atoms with van der Waals surface area (Å²) in [5, 5.41) is 11.0. The zero-order chi connectivity index (χ0) is 13.6. The van der Waals surface area contributed by atoms with Gasteiger partial charge in [-0.25, -0.2) is 0 Å². The molecule has 3 heterocycles. The van der Waals surface area contributed by atoms with Gasteiger partial charge in [-0.2, -0.15) is 13.2 Å². The molecule has 102 valence electrons. The Morgan fingerprint density at radius 1 is 1.37 bits per heavy atom. The van der Waals surface area contributed by atoms with Crippen LogP contribution in [0.2, 0.25) is 5.02 Å². The topological polar surface area (TPSA) is 42.2 Å². The third-order valence-electron chi connectivity index (χ3n) is 3.24. The molecule has 8 heteroatoms. The first-order valence-corrected chi connectivity index (χ1v) is 6.16. The van der Waals surface area contributed by atoms with Crippen molar-refractivity contribution in [2.75, 3.05) is 13.1 Å². The van der Waals surface area contributed by atoms with Crippen molar-refractivity contribution in [3.05, 3.63) is 28.7 Å². The summed E-state index contributed by atoms with van der Waals surface area (Å²) in [7, 11) is 0. The van der Waals surface area contributed by atoms with E-state index >= 15 is 0 Å². The summed E-state index contributed by atoms with van der Waals surface area (Å²) in [6.07, 6.45) is -2.60. The van der Waals surface area contributed by atoms with Crippen molar-refractivity contribution < 1.29 is 13.2 Å². The minimum atomic E-state index is -4.44. The van der Waals surface area contributed by atoms with E-state index in [0.717, 1.165) is 25.2 Å². The molecule has 1 aliphatic rings. The molecule has 1 atom stereocenters. The van der Waals surface area contributed by atoms with Crippen molar-refractivity contribution in [3.8, 4) is 0 Å². The average molecular weight is 291 g/mol. The lowest BCUT2D eigenvalue weighted by Crippen LogP contribution is -2.12. The number of halogens is 4. The van der Waals surface area contributed by atoms with Gasteiger partial charge in [0.05, 0.1) is 10.6 Å². The number of pyridine rings is 1. The van der Waals surface area contributed by atoms with Crippen LogP contribution in [0.5, 0.6) is 0 Å². The van der Waals surface area contributed by atoms with Gasteiger partial charge in [-0.3, -0.25) is 4.40 Å². The molecule has 0 spiro atoms. The minimum Gasteiger partial charge on any atom is -0.316 e. The lowest BCUT2D eigenvalue weighted by atomic mass is 10.1. The summed E-state index contributed by atoms with van der Waals surface area (Å²) in [6, 6.07) is 0.877. The second kappa shape index (κ2) is 4.35. The molecule has 2 aromatic rings. The normalized spacial score (nSPS) is 20.3. The van der Waals surface area contributed by atoms with Gasteiger partial charge in [-0.1, -0.05) is 11.6 Å². The summed E-state index contributed by atoms with van der Waals surface area (Å²) in [6.45, 7) is 1.51. The Kier molecular flexibility index (Phi) is 2.90.